The Morgan fingerprint density at radius 3 is 2.43 bits per heavy atom. The summed E-state index contributed by atoms with van der Waals surface area (Å²) in [6.45, 7) is 4.35. The molecule has 1 aromatic heterocycles. The number of aryl methyl sites for hydroxylation is 1. The van der Waals surface area contributed by atoms with Crippen molar-refractivity contribution in [3.8, 4) is 0 Å². The van der Waals surface area contributed by atoms with E-state index in [1.165, 1.54) is 18.4 Å². The molecule has 21 heavy (non-hydrogen) atoms. The van der Waals surface area contributed by atoms with Crippen LogP contribution in [0.1, 0.15) is 42.3 Å². The number of halogens is 3. The maximum atomic E-state index is 13.2. The van der Waals surface area contributed by atoms with E-state index in [1.54, 1.807) is 12.1 Å². The van der Waals surface area contributed by atoms with Crippen LogP contribution in [0, 0.1) is 0 Å². The topological polar surface area (TPSA) is 25.2 Å². The molecule has 0 spiro atoms. The van der Waals surface area contributed by atoms with E-state index >= 15 is 0 Å². The average molecular weight is 297 g/mol. The average Bonchev–Trinajstić information content (AvgIpc) is 2.92. The molecule has 1 N–H and O–H groups in total. The zero-order valence-electron chi connectivity index (χ0n) is 12.0. The van der Waals surface area contributed by atoms with Crippen molar-refractivity contribution >= 4 is 0 Å². The van der Waals surface area contributed by atoms with Crippen molar-refractivity contribution in [1.82, 2.24) is 5.32 Å². The van der Waals surface area contributed by atoms with Gasteiger partial charge in [0.1, 0.15) is 5.76 Å². The Bertz CT molecular complexity index is 589. The molecule has 0 amide bonds. The molecule has 0 fully saturated rings. The number of nitrogens with one attached hydrogen (secondary N) is 1. The molecule has 0 aliphatic heterocycles. The summed E-state index contributed by atoms with van der Waals surface area (Å²) in [5, 5.41) is 3.13. The van der Waals surface area contributed by atoms with E-state index in [4.69, 9.17) is 4.42 Å². The Balaban J connectivity index is 2.54. The van der Waals surface area contributed by atoms with E-state index < -0.39 is 17.8 Å². The van der Waals surface area contributed by atoms with Gasteiger partial charge >= 0.3 is 6.18 Å². The molecule has 0 radical (unpaired) electrons. The minimum absolute atomic E-state index is 0.225. The predicted molar refractivity (Wildman–Crippen MR) is 75.0 cm³/mol. The summed E-state index contributed by atoms with van der Waals surface area (Å²) in [6.07, 6.45) is -2.21. The molecule has 0 saturated carbocycles. The van der Waals surface area contributed by atoms with E-state index in [9.17, 15) is 13.2 Å². The fraction of sp³-hybridized carbons (Fsp3) is 0.375. The van der Waals surface area contributed by atoms with E-state index in [0.717, 1.165) is 11.6 Å². The van der Waals surface area contributed by atoms with Gasteiger partial charge in [0, 0.05) is 12.0 Å². The molecule has 0 saturated heterocycles. The number of rotatable bonds is 5. The van der Waals surface area contributed by atoms with Crippen molar-refractivity contribution in [1.29, 1.82) is 0 Å². The predicted octanol–water partition coefficient (Wildman–Crippen LogP) is 4.56. The Kier molecular flexibility index (Phi) is 4.73. The molecule has 2 rings (SSSR count). The molecule has 114 valence electrons. The number of benzene rings is 1. The van der Waals surface area contributed by atoms with Gasteiger partial charge in [-0.3, -0.25) is 0 Å². The number of furan rings is 1. The number of hydrogen-bond acceptors (Lipinski definition) is 2. The molecule has 0 aliphatic carbocycles. The molecule has 1 aromatic carbocycles. The molecule has 1 atom stereocenters. The number of alkyl halides is 3. The monoisotopic (exact) mass is 297 g/mol. The largest absolute Gasteiger partial charge is 0.469 e. The van der Waals surface area contributed by atoms with E-state index in [1.807, 2.05) is 13.8 Å². The van der Waals surface area contributed by atoms with Crippen LogP contribution in [0.5, 0.6) is 0 Å². The van der Waals surface area contributed by atoms with E-state index in [2.05, 4.69) is 5.32 Å². The lowest BCUT2D eigenvalue weighted by molar-refractivity contribution is -0.138. The Labute approximate surface area is 122 Å². The van der Waals surface area contributed by atoms with Crippen LogP contribution in [-0.4, -0.2) is 6.54 Å². The Morgan fingerprint density at radius 1 is 1.10 bits per heavy atom. The minimum atomic E-state index is -4.37. The quantitative estimate of drug-likeness (QED) is 0.875. The lowest BCUT2D eigenvalue weighted by Crippen LogP contribution is -2.25. The third kappa shape index (κ3) is 3.29. The maximum Gasteiger partial charge on any atom is 0.416 e. The van der Waals surface area contributed by atoms with Gasteiger partial charge in [-0.05, 0) is 24.2 Å². The second-order valence-corrected chi connectivity index (χ2v) is 4.73. The first-order valence-corrected chi connectivity index (χ1v) is 6.94. The molecule has 2 aromatic rings. The van der Waals surface area contributed by atoms with Gasteiger partial charge in [0.05, 0.1) is 17.9 Å². The molecule has 1 unspecified atom stereocenters. The Morgan fingerprint density at radius 2 is 1.81 bits per heavy atom. The summed E-state index contributed by atoms with van der Waals surface area (Å²) in [4.78, 5) is 0. The van der Waals surface area contributed by atoms with E-state index in [-0.39, 0.29) is 5.56 Å². The second-order valence-electron chi connectivity index (χ2n) is 4.73. The van der Waals surface area contributed by atoms with Gasteiger partial charge < -0.3 is 9.73 Å². The zero-order valence-corrected chi connectivity index (χ0v) is 12.0. The van der Waals surface area contributed by atoms with Gasteiger partial charge in [0.2, 0.25) is 0 Å². The molecule has 2 nitrogen and oxygen atoms in total. The normalized spacial score (nSPS) is 13.4. The summed E-state index contributed by atoms with van der Waals surface area (Å²) in [5.74, 6) is 0.706. The fourth-order valence-corrected chi connectivity index (χ4v) is 2.49. The fourth-order valence-electron chi connectivity index (χ4n) is 2.49. The first-order valence-electron chi connectivity index (χ1n) is 6.94. The van der Waals surface area contributed by atoms with Gasteiger partial charge in [-0.2, -0.15) is 13.2 Å². The standard InChI is InChI=1S/C16H18F3NO/c1-3-14-12(9-10-21-14)15(20-4-2)11-7-5-6-8-13(11)16(17,18)19/h5-10,15,20H,3-4H2,1-2H3. The summed E-state index contributed by atoms with van der Waals surface area (Å²) in [6, 6.07) is 6.88. The highest BCUT2D eigenvalue weighted by molar-refractivity contribution is 5.40. The number of hydrogen-bond donors (Lipinski definition) is 1. The molecule has 0 bridgehead atoms. The second kappa shape index (κ2) is 6.35. The van der Waals surface area contributed by atoms with Crippen LogP contribution in [0.25, 0.3) is 0 Å². The first kappa shape index (κ1) is 15.6. The molecule has 0 aliphatic rings. The zero-order chi connectivity index (χ0) is 15.5. The highest BCUT2D eigenvalue weighted by atomic mass is 19.4. The summed E-state index contributed by atoms with van der Waals surface area (Å²) >= 11 is 0. The van der Waals surface area contributed by atoms with Crippen molar-refractivity contribution < 1.29 is 17.6 Å². The van der Waals surface area contributed by atoms with Crippen molar-refractivity contribution in [3.63, 3.8) is 0 Å². The molecular weight excluding hydrogens is 279 g/mol. The van der Waals surface area contributed by atoms with Crippen LogP contribution in [-0.2, 0) is 12.6 Å². The first-order chi connectivity index (χ1) is 9.99. The minimum Gasteiger partial charge on any atom is -0.469 e. The lowest BCUT2D eigenvalue weighted by Gasteiger charge is -2.22. The van der Waals surface area contributed by atoms with Crippen molar-refractivity contribution in [2.45, 2.75) is 32.5 Å². The summed E-state index contributed by atoms with van der Waals surface area (Å²) in [5.41, 5.74) is 0.373. The van der Waals surface area contributed by atoms with E-state index in [0.29, 0.717) is 18.7 Å². The van der Waals surface area contributed by atoms with Gasteiger partial charge in [-0.1, -0.05) is 32.0 Å². The van der Waals surface area contributed by atoms with Crippen molar-refractivity contribution in [2.75, 3.05) is 6.54 Å². The van der Waals surface area contributed by atoms with Crippen LogP contribution in [0.2, 0.25) is 0 Å². The van der Waals surface area contributed by atoms with Crippen LogP contribution in [0.15, 0.2) is 41.0 Å². The van der Waals surface area contributed by atoms with Crippen LogP contribution in [0.3, 0.4) is 0 Å². The van der Waals surface area contributed by atoms with Gasteiger partial charge in [-0.15, -0.1) is 0 Å². The molecular formula is C16H18F3NO. The maximum absolute atomic E-state index is 13.2. The smallest absolute Gasteiger partial charge is 0.416 e. The lowest BCUT2D eigenvalue weighted by atomic mass is 9.93. The highest BCUT2D eigenvalue weighted by Crippen LogP contribution is 2.37. The SMILES string of the molecule is CCNC(c1ccccc1C(F)(F)F)c1ccoc1CC. The summed E-state index contributed by atoms with van der Waals surface area (Å²) < 4.78 is 45.0. The van der Waals surface area contributed by atoms with Gasteiger partial charge in [0.25, 0.3) is 0 Å². The van der Waals surface area contributed by atoms with Crippen molar-refractivity contribution in [2.24, 2.45) is 0 Å². The molecule has 5 heteroatoms. The highest BCUT2D eigenvalue weighted by Gasteiger charge is 2.35. The van der Waals surface area contributed by atoms with Crippen molar-refractivity contribution in [3.05, 3.63) is 59.0 Å². The van der Waals surface area contributed by atoms with Crippen LogP contribution >= 0.6 is 0 Å². The Hall–Kier alpha value is -1.75. The van der Waals surface area contributed by atoms with Gasteiger partial charge in [-0.25, -0.2) is 0 Å². The third-order valence-electron chi connectivity index (χ3n) is 3.40. The van der Waals surface area contributed by atoms with Gasteiger partial charge in [0.15, 0.2) is 0 Å². The molecule has 1 heterocycles. The third-order valence-corrected chi connectivity index (χ3v) is 3.40. The van der Waals surface area contributed by atoms with Crippen LogP contribution in [0.4, 0.5) is 13.2 Å². The summed E-state index contributed by atoms with van der Waals surface area (Å²) in [7, 11) is 0. The van der Waals surface area contributed by atoms with Crippen LogP contribution < -0.4 is 5.32 Å².